The largest absolute Gasteiger partial charge is 0.364 e. The summed E-state index contributed by atoms with van der Waals surface area (Å²) in [6.45, 7) is 4.58. The summed E-state index contributed by atoms with van der Waals surface area (Å²) in [4.78, 5) is 11.9. The molecule has 0 spiro atoms. The Morgan fingerprint density at radius 3 is 2.83 bits per heavy atom. The van der Waals surface area contributed by atoms with Crippen molar-refractivity contribution in [2.75, 3.05) is 6.54 Å². The molecule has 1 aromatic rings. The van der Waals surface area contributed by atoms with Gasteiger partial charge in [-0.1, -0.05) is 5.16 Å². The number of rotatable bonds is 4. The van der Waals surface area contributed by atoms with E-state index in [4.69, 9.17) is 15.0 Å². The van der Waals surface area contributed by atoms with Crippen LogP contribution in [0.3, 0.4) is 0 Å². The van der Waals surface area contributed by atoms with Gasteiger partial charge in [-0.2, -0.15) is 0 Å². The Morgan fingerprint density at radius 2 is 2.28 bits per heavy atom. The molecule has 1 saturated heterocycles. The smallest absolute Gasteiger partial charge is 0.249 e. The van der Waals surface area contributed by atoms with Crippen molar-refractivity contribution in [3.05, 3.63) is 17.0 Å². The molecule has 1 amide bonds. The number of carbonyl (C=O) groups excluding carboxylic acids is 1. The van der Waals surface area contributed by atoms with Crippen LogP contribution >= 0.6 is 0 Å². The number of nitrogens with zero attached hydrogens (tertiary/aromatic N) is 1. The number of nitrogens with two attached hydrogens (primary N) is 1. The third-order valence-electron chi connectivity index (χ3n) is 3.28. The highest BCUT2D eigenvalue weighted by Gasteiger charge is 2.29. The summed E-state index contributed by atoms with van der Waals surface area (Å²) in [7, 11) is 0. The van der Waals surface area contributed by atoms with E-state index in [-0.39, 0.29) is 18.1 Å². The zero-order chi connectivity index (χ0) is 13.1. The lowest BCUT2D eigenvalue weighted by Crippen LogP contribution is -2.35. The van der Waals surface area contributed by atoms with Crippen LogP contribution in [0.2, 0.25) is 0 Å². The van der Waals surface area contributed by atoms with Gasteiger partial charge < -0.3 is 20.3 Å². The minimum absolute atomic E-state index is 0.0137. The van der Waals surface area contributed by atoms with Crippen LogP contribution in [-0.2, 0) is 16.1 Å². The Kier molecular flexibility index (Phi) is 3.98. The number of aryl methyl sites for hydroxylation is 2. The molecule has 1 aromatic heterocycles. The fourth-order valence-corrected chi connectivity index (χ4v) is 2.12. The zero-order valence-corrected chi connectivity index (χ0v) is 10.7. The first-order valence-corrected chi connectivity index (χ1v) is 6.16. The second-order valence-corrected chi connectivity index (χ2v) is 4.58. The van der Waals surface area contributed by atoms with E-state index in [0.717, 1.165) is 29.9 Å². The highest BCUT2D eigenvalue weighted by Crippen LogP contribution is 2.19. The van der Waals surface area contributed by atoms with E-state index >= 15 is 0 Å². The number of hydrogen-bond donors (Lipinski definition) is 2. The number of amides is 1. The Morgan fingerprint density at radius 1 is 1.50 bits per heavy atom. The molecule has 1 fully saturated rings. The first-order chi connectivity index (χ1) is 8.61. The highest BCUT2D eigenvalue weighted by atomic mass is 16.5. The maximum absolute atomic E-state index is 11.9. The van der Waals surface area contributed by atoms with Crippen LogP contribution in [0.15, 0.2) is 4.52 Å². The SMILES string of the molecule is Cc1noc(C)c1CNC(=O)[C@@H]1CC[C@H](CN)O1. The summed E-state index contributed by atoms with van der Waals surface area (Å²) in [5, 5.41) is 6.69. The first-order valence-electron chi connectivity index (χ1n) is 6.16. The van der Waals surface area contributed by atoms with Crippen LogP contribution in [0.1, 0.15) is 29.9 Å². The lowest BCUT2D eigenvalue weighted by molar-refractivity contribution is -0.132. The molecule has 0 bridgehead atoms. The molecule has 6 heteroatoms. The second kappa shape index (κ2) is 5.49. The Hall–Kier alpha value is -1.40. The maximum Gasteiger partial charge on any atom is 0.249 e. The van der Waals surface area contributed by atoms with Crippen LogP contribution in [0.25, 0.3) is 0 Å². The van der Waals surface area contributed by atoms with Crippen molar-refractivity contribution in [3.8, 4) is 0 Å². The molecule has 100 valence electrons. The van der Waals surface area contributed by atoms with Crippen LogP contribution in [0.4, 0.5) is 0 Å². The molecule has 0 saturated carbocycles. The minimum atomic E-state index is -0.376. The first kappa shape index (κ1) is 13.0. The minimum Gasteiger partial charge on any atom is -0.364 e. The van der Waals surface area contributed by atoms with Crippen molar-refractivity contribution in [1.82, 2.24) is 10.5 Å². The number of ether oxygens (including phenoxy) is 1. The lowest BCUT2D eigenvalue weighted by atomic mass is 10.1. The molecule has 18 heavy (non-hydrogen) atoms. The molecule has 0 aliphatic carbocycles. The molecule has 1 aliphatic heterocycles. The van der Waals surface area contributed by atoms with Gasteiger partial charge >= 0.3 is 0 Å². The Bertz CT molecular complexity index is 411. The van der Waals surface area contributed by atoms with Crippen LogP contribution in [0.5, 0.6) is 0 Å². The van der Waals surface area contributed by atoms with E-state index in [1.165, 1.54) is 0 Å². The zero-order valence-electron chi connectivity index (χ0n) is 10.7. The van der Waals surface area contributed by atoms with Crippen molar-refractivity contribution >= 4 is 5.91 Å². The highest BCUT2D eigenvalue weighted by molar-refractivity contribution is 5.81. The number of nitrogens with one attached hydrogen (secondary N) is 1. The predicted octanol–water partition coefficient (Wildman–Crippen LogP) is 0.414. The Labute approximate surface area is 106 Å². The fraction of sp³-hybridized carbons (Fsp3) is 0.667. The molecule has 0 unspecified atom stereocenters. The molecule has 2 rings (SSSR count). The molecule has 6 nitrogen and oxygen atoms in total. The van der Waals surface area contributed by atoms with Gasteiger partial charge in [0.2, 0.25) is 5.91 Å². The molecule has 1 aliphatic rings. The van der Waals surface area contributed by atoms with Crippen LogP contribution in [-0.4, -0.2) is 29.8 Å². The van der Waals surface area contributed by atoms with Crippen molar-refractivity contribution in [3.63, 3.8) is 0 Å². The molecular formula is C12H19N3O3. The van der Waals surface area contributed by atoms with Gasteiger partial charge in [0.1, 0.15) is 11.9 Å². The van der Waals surface area contributed by atoms with Gasteiger partial charge in [-0.25, -0.2) is 0 Å². The standard InChI is InChI=1S/C12H19N3O3/c1-7-10(8(2)18-15-7)6-14-12(16)11-4-3-9(5-13)17-11/h9,11H,3-6,13H2,1-2H3,(H,14,16)/t9-,11+/m1/s1. The summed E-state index contributed by atoms with van der Waals surface area (Å²) in [5.74, 6) is 0.644. The van der Waals surface area contributed by atoms with Crippen LogP contribution < -0.4 is 11.1 Å². The number of hydrogen-bond acceptors (Lipinski definition) is 5. The molecular weight excluding hydrogens is 234 g/mol. The third kappa shape index (κ3) is 2.70. The van der Waals surface area contributed by atoms with E-state index in [1.54, 1.807) is 0 Å². The molecule has 3 N–H and O–H groups in total. The van der Waals surface area contributed by atoms with Gasteiger partial charge in [-0.3, -0.25) is 4.79 Å². The monoisotopic (exact) mass is 253 g/mol. The topological polar surface area (TPSA) is 90.4 Å². The van der Waals surface area contributed by atoms with Crippen molar-refractivity contribution in [1.29, 1.82) is 0 Å². The Balaban J connectivity index is 1.86. The van der Waals surface area contributed by atoms with Gasteiger partial charge in [0.15, 0.2) is 0 Å². The summed E-state index contributed by atoms with van der Waals surface area (Å²) in [6, 6.07) is 0. The average Bonchev–Trinajstić information content (AvgIpc) is 2.95. The van der Waals surface area contributed by atoms with E-state index in [9.17, 15) is 4.79 Å². The molecule has 2 heterocycles. The van der Waals surface area contributed by atoms with Gasteiger partial charge in [0, 0.05) is 18.7 Å². The molecule has 0 radical (unpaired) electrons. The normalized spacial score (nSPS) is 23.3. The van der Waals surface area contributed by atoms with E-state index in [0.29, 0.717) is 13.1 Å². The third-order valence-corrected chi connectivity index (χ3v) is 3.28. The molecule has 2 atom stereocenters. The van der Waals surface area contributed by atoms with Crippen molar-refractivity contribution < 1.29 is 14.1 Å². The second-order valence-electron chi connectivity index (χ2n) is 4.58. The fourth-order valence-electron chi connectivity index (χ4n) is 2.12. The van der Waals surface area contributed by atoms with E-state index in [2.05, 4.69) is 10.5 Å². The summed E-state index contributed by atoms with van der Waals surface area (Å²) < 4.78 is 10.6. The van der Waals surface area contributed by atoms with Gasteiger partial charge in [0.25, 0.3) is 0 Å². The lowest BCUT2D eigenvalue weighted by Gasteiger charge is -2.12. The van der Waals surface area contributed by atoms with Gasteiger partial charge in [-0.15, -0.1) is 0 Å². The van der Waals surface area contributed by atoms with E-state index < -0.39 is 0 Å². The summed E-state index contributed by atoms with van der Waals surface area (Å²) in [6.07, 6.45) is 1.22. The molecule has 0 aromatic carbocycles. The van der Waals surface area contributed by atoms with Gasteiger partial charge in [-0.05, 0) is 26.7 Å². The summed E-state index contributed by atoms with van der Waals surface area (Å²) >= 11 is 0. The van der Waals surface area contributed by atoms with Gasteiger partial charge in [0.05, 0.1) is 11.8 Å². The maximum atomic E-state index is 11.9. The predicted molar refractivity (Wildman–Crippen MR) is 64.8 cm³/mol. The van der Waals surface area contributed by atoms with Crippen molar-refractivity contribution in [2.24, 2.45) is 5.73 Å². The quantitative estimate of drug-likeness (QED) is 0.811. The van der Waals surface area contributed by atoms with Crippen LogP contribution in [0, 0.1) is 13.8 Å². The van der Waals surface area contributed by atoms with E-state index in [1.807, 2.05) is 13.8 Å². The number of carbonyl (C=O) groups is 1. The van der Waals surface area contributed by atoms with Crippen molar-refractivity contribution in [2.45, 2.75) is 45.4 Å². The average molecular weight is 253 g/mol. The number of aromatic nitrogens is 1. The summed E-state index contributed by atoms with van der Waals surface area (Å²) in [5.41, 5.74) is 7.24.